The molecular formula is C16H31NO2Si. The van der Waals surface area contributed by atoms with Gasteiger partial charge >= 0.3 is 0 Å². The zero-order valence-corrected chi connectivity index (χ0v) is 15.4. The molecule has 116 valence electrons. The fourth-order valence-electron chi connectivity index (χ4n) is 2.69. The number of aliphatic hydroxyl groups is 1. The van der Waals surface area contributed by atoms with E-state index in [0.29, 0.717) is 6.61 Å². The Kier molecular flexibility index (Phi) is 4.52. The molecule has 1 fully saturated rings. The molecule has 0 aliphatic heterocycles. The Morgan fingerprint density at radius 3 is 2.15 bits per heavy atom. The standard InChI is InChI=1S/C16H31NO2Si/c1-14(2,3)20(7,8)19-11-16(6,18)12-9-15(4,5)13(12)10-17/h12-13,18H,9,11H2,1-8H3/t12-,13+,16-/m0/s1. The van der Waals surface area contributed by atoms with Gasteiger partial charge in [-0.3, -0.25) is 0 Å². The largest absolute Gasteiger partial charge is 0.414 e. The van der Waals surface area contributed by atoms with Crippen molar-refractivity contribution in [2.45, 2.75) is 71.7 Å². The molecule has 0 spiro atoms. The quantitative estimate of drug-likeness (QED) is 0.799. The van der Waals surface area contributed by atoms with Crippen LogP contribution in [0.15, 0.2) is 0 Å². The fourth-order valence-corrected chi connectivity index (χ4v) is 3.78. The van der Waals surface area contributed by atoms with Gasteiger partial charge in [-0.25, -0.2) is 0 Å². The van der Waals surface area contributed by atoms with Crippen molar-refractivity contribution >= 4 is 8.32 Å². The number of hydrogen-bond acceptors (Lipinski definition) is 3. The van der Waals surface area contributed by atoms with Crippen molar-refractivity contribution in [3.8, 4) is 6.07 Å². The second-order valence-electron chi connectivity index (χ2n) is 8.81. The average Bonchev–Trinajstić information content (AvgIpc) is 2.23. The third kappa shape index (κ3) is 3.27. The topological polar surface area (TPSA) is 53.2 Å². The minimum atomic E-state index is -1.86. The van der Waals surface area contributed by atoms with Gasteiger partial charge < -0.3 is 9.53 Å². The van der Waals surface area contributed by atoms with E-state index in [4.69, 9.17) is 4.43 Å². The number of rotatable bonds is 4. The first kappa shape index (κ1) is 17.7. The fraction of sp³-hybridized carbons (Fsp3) is 0.938. The van der Waals surface area contributed by atoms with Crippen LogP contribution in [-0.4, -0.2) is 25.6 Å². The Morgan fingerprint density at radius 1 is 1.30 bits per heavy atom. The van der Waals surface area contributed by atoms with Gasteiger partial charge in [0.05, 0.1) is 24.2 Å². The van der Waals surface area contributed by atoms with Crippen molar-refractivity contribution in [1.82, 2.24) is 0 Å². The Labute approximate surface area is 125 Å². The summed E-state index contributed by atoms with van der Waals surface area (Å²) < 4.78 is 6.16. The molecule has 0 radical (unpaired) electrons. The Bertz CT molecular complexity index is 402. The normalized spacial score (nSPS) is 29.2. The second-order valence-corrected chi connectivity index (χ2v) is 13.6. The number of nitrogens with zero attached hydrogens (tertiary/aromatic N) is 1. The maximum Gasteiger partial charge on any atom is 0.192 e. The van der Waals surface area contributed by atoms with Crippen LogP contribution >= 0.6 is 0 Å². The summed E-state index contributed by atoms with van der Waals surface area (Å²) in [5.74, 6) is -0.0622. The van der Waals surface area contributed by atoms with Crippen molar-refractivity contribution in [1.29, 1.82) is 5.26 Å². The smallest absolute Gasteiger partial charge is 0.192 e. The lowest BCUT2D eigenvalue weighted by atomic mass is 9.52. The van der Waals surface area contributed by atoms with Gasteiger partial charge in [0.2, 0.25) is 0 Å². The molecule has 1 N–H and O–H groups in total. The van der Waals surface area contributed by atoms with E-state index in [1.165, 1.54) is 0 Å². The highest BCUT2D eigenvalue weighted by molar-refractivity contribution is 6.74. The predicted octanol–water partition coefficient (Wildman–Crippen LogP) is 3.95. The zero-order valence-electron chi connectivity index (χ0n) is 14.4. The lowest BCUT2D eigenvalue weighted by Gasteiger charge is -2.54. The van der Waals surface area contributed by atoms with E-state index >= 15 is 0 Å². The highest BCUT2D eigenvalue weighted by atomic mass is 28.4. The lowest BCUT2D eigenvalue weighted by Crippen LogP contribution is -2.57. The summed E-state index contributed by atoms with van der Waals surface area (Å²) in [6, 6.07) is 2.37. The van der Waals surface area contributed by atoms with Crippen molar-refractivity contribution < 1.29 is 9.53 Å². The highest BCUT2D eigenvalue weighted by Crippen LogP contribution is 2.54. The maximum absolute atomic E-state index is 10.7. The SMILES string of the molecule is CC1(C)C[C@H]([C@@](C)(O)CO[Si](C)(C)C(C)(C)C)[C@H]1C#N. The Hall–Kier alpha value is -0.373. The van der Waals surface area contributed by atoms with E-state index < -0.39 is 13.9 Å². The van der Waals surface area contributed by atoms with Gasteiger partial charge in [0.25, 0.3) is 0 Å². The van der Waals surface area contributed by atoms with E-state index in [0.717, 1.165) is 6.42 Å². The molecule has 1 saturated carbocycles. The van der Waals surface area contributed by atoms with Crippen LogP contribution in [-0.2, 0) is 4.43 Å². The summed E-state index contributed by atoms with van der Waals surface area (Å²) in [4.78, 5) is 0. The van der Waals surface area contributed by atoms with Crippen molar-refractivity contribution in [2.24, 2.45) is 17.3 Å². The summed E-state index contributed by atoms with van der Waals surface area (Å²) in [5.41, 5.74) is -0.897. The minimum Gasteiger partial charge on any atom is -0.414 e. The molecule has 1 aliphatic rings. The van der Waals surface area contributed by atoms with Crippen LogP contribution in [0.2, 0.25) is 18.1 Å². The molecule has 3 nitrogen and oxygen atoms in total. The molecule has 0 amide bonds. The van der Waals surface area contributed by atoms with Crippen LogP contribution in [0.4, 0.5) is 0 Å². The summed E-state index contributed by atoms with van der Waals surface area (Å²) in [5, 5.41) is 20.2. The first-order valence-corrected chi connectivity index (χ1v) is 10.4. The summed E-state index contributed by atoms with van der Waals surface area (Å²) in [6.07, 6.45) is 0.888. The number of nitriles is 1. The van der Waals surface area contributed by atoms with E-state index in [9.17, 15) is 10.4 Å². The first-order chi connectivity index (χ1) is 8.74. The first-order valence-electron chi connectivity index (χ1n) is 7.50. The third-order valence-electron chi connectivity index (χ3n) is 5.46. The predicted molar refractivity (Wildman–Crippen MR) is 84.8 cm³/mol. The molecule has 0 saturated heterocycles. The molecule has 1 rings (SSSR count). The Morgan fingerprint density at radius 2 is 1.80 bits per heavy atom. The molecule has 0 aromatic carbocycles. The molecule has 1 aliphatic carbocycles. The third-order valence-corrected chi connectivity index (χ3v) is 9.94. The van der Waals surface area contributed by atoms with E-state index in [1.54, 1.807) is 0 Å². The van der Waals surface area contributed by atoms with E-state index in [-0.39, 0.29) is 22.3 Å². The number of hydrogen-bond donors (Lipinski definition) is 1. The van der Waals surface area contributed by atoms with Crippen LogP contribution in [0.5, 0.6) is 0 Å². The van der Waals surface area contributed by atoms with Crippen LogP contribution in [0.1, 0.15) is 48.0 Å². The molecule has 0 aromatic heterocycles. The van der Waals surface area contributed by atoms with Gasteiger partial charge in [-0.15, -0.1) is 0 Å². The summed E-state index contributed by atoms with van der Waals surface area (Å²) in [6.45, 7) is 17.3. The summed E-state index contributed by atoms with van der Waals surface area (Å²) >= 11 is 0. The molecule has 20 heavy (non-hydrogen) atoms. The Balaban J connectivity index is 2.71. The van der Waals surface area contributed by atoms with Crippen LogP contribution in [0, 0.1) is 28.6 Å². The highest BCUT2D eigenvalue weighted by Gasteiger charge is 2.55. The summed E-state index contributed by atoms with van der Waals surface area (Å²) in [7, 11) is -1.86. The molecular weight excluding hydrogens is 266 g/mol. The molecule has 4 heteroatoms. The molecule has 3 atom stereocenters. The van der Waals surface area contributed by atoms with Gasteiger partial charge in [-0.1, -0.05) is 34.6 Å². The van der Waals surface area contributed by atoms with Gasteiger partial charge in [0, 0.05) is 5.92 Å². The van der Waals surface area contributed by atoms with Crippen LogP contribution in [0.25, 0.3) is 0 Å². The van der Waals surface area contributed by atoms with Gasteiger partial charge in [0.1, 0.15) is 0 Å². The zero-order chi connectivity index (χ0) is 16.0. The molecule has 0 bridgehead atoms. The average molecular weight is 298 g/mol. The second kappa shape index (κ2) is 5.12. The van der Waals surface area contributed by atoms with Crippen molar-refractivity contribution in [2.75, 3.05) is 6.61 Å². The van der Waals surface area contributed by atoms with Crippen LogP contribution in [0.3, 0.4) is 0 Å². The van der Waals surface area contributed by atoms with E-state index in [2.05, 4.69) is 53.8 Å². The van der Waals surface area contributed by atoms with Crippen molar-refractivity contribution in [3.63, 3.8) is 0 Å². The van der Waals surface area contributed by atoms with Crippen molar-refractivity contribution in [3.05, 3.63) is 0 Å². The molecule has 0 aromatic rings. The lowest BCUT2D eigenvalue weighted by molar-refractivity contribution is -0.134. The molecule has 0 unspecified atom stereocenters. The maximum atomic E-state index is 10.7. The van der Waals surface area contributed by atoms with Gasteiger partial charge in [-0.2, -0.15) is 5.26 Å². The monoisotopic (exact) mass is 297 g/mol. The van der Waals surface area contributed by atoms with E-state index in [1.807, 2.05) is 6.92 Å². The van der Waals surface area contributed by atoms with Gasteiger partial charge in [-0.05, 0) is 36.9 Å². The van der Waals surface area contributed by atoms with Crippen LogP contribution < -0.4 is 0 Å². The van der Waals surface area contributed by atoms with Gasteiger partial charge in [0.15, 0.2) is 8.32 Å². The molecule has 0 heterocycles. The minimum absolute atomic E-state index is 0.0143.